The van der Waals surface area contributed by atoms with Crippen molar-refractivity contribution in [2.45, 2.75) is 19.4 Å². The van der Waals surface area contributed by atoms with E-state index in [1.165, 1.54) is 13.2 Å². The molecule has 2 aromatic carbocycles. The van der Waals surface area contributed by atoms with Crippen molar-refractivity contribution < 1.29 is 24.0 Å². The second-order valence-electron chi connectivity index (χ2n) is 5.65. The maximum Gasteiger partial charge on any atom is 0.337 e. The molecular weight excluding hydrogens is 352 g/mol. The number of benzene rings is 2. The number of hydrogen-bond acceptors (Lipinski definition) is 7. The Bertz CT molecular complexity index is 804. The fraction of sp³-hybridized carbons (Fsp3) is 0.263. The monoisotopic (exact) mass is 372 g/mol. The number of carbonyl (C=O) groups excluding carboxylic acids is 2. The van der Waals surface area contributed by atoms with E-state index in [2.05, 4.69) is 10.1 Å². The summed E-state index contributed by atoms with van der Waals surface area (Å²) in [4.78, 5) is 33.6. The summed E-state index contributed by atoms with van der Waals surface area (Å²) in [5.41, 5.74) is 1.60. The van der Waals surface area contributed by atoms with Crippen LogP contribution in [0.25, 0.3) is 0 Å². The predicted octanol–water partition coefficient (Wildman–Crippen LogP) is 3.32. The second kappa shape index (κ2) is 9.91. The molecule has 0 atom stereocenters. The Morgan fingerprint density at radius 3 is 2.48 bits per heavy atom. The summed E-state index contributed by atoms with van der Waals surface area (Å²) in [6.45, 7) is 0.519. The van der Waals surface area contributed by atoms with Gasteiger partial charge in [-0.2, -0.15) is 0 Å². The maximum absolute atomic E-state index is 11.8. The van der Waals surface area contributed by atoms with Crippen LogP contribution in [0.2, 0.25) is 0 Å². The van der Waals surface area contributed by atoms with Gasteiger partial charge in [-0.25, -0.2) is 4.79 Å². The van der Waals surface area contributed by atoms with Gasteiger partial charge in [-0.3, -0.25) is 14.9 Å². The van der Waals surface area contributed by atoms with Gasteiger partial charge >= 0.3 is 11.9 Å². The minimum atomic E-state index is -0.456. The van der Waals surface area contributed by atoms with Crippen molar-refractivity contribution in [2.75, 3.05) is 19.0 Å². The third-order valence-corrected chi connectivity index (χ3v) is 3.75. The molecule has 142 valence electrons. The number of nitrogens with one attached hydrogen (secondary N) is 1. The van der Waals surface area contributed by atoms with E-state index >= 15 is 0 Å². The quantitative estimate of drug-likeness (QED) is 0.311. The highest BCUT2D eigenvalue weighted by atomic mass is 16.6. The zero-order valence-electron chi connectivity index (χ0n) is 14.8. The number of nitro groups is 1. The number of rotatable bonds is 9. The molecule has 0 saturated carbocycles. The van der Waals surface area contributed by atoms with Gasteiger partial charge in [-0.1, -0.05) is 24.3 Å². The maximum atomic E-state index is 11.8. The van der Waals surface area contributed by atoms with Gasteiger partial charge < -0.3 is 14.8 Å². The first-order chi connectivity index (χ1) is 13.0. The van der Waals surface area contributed by atoms with Crippen LogP contribution in [-0.4, -0.2) is 30.5 Å². The van der Waals surface area contributed by atoms with Crippen molar-refractivity contribution in [3.05, 3.63) is 69.8 Å². The summed E-state index contributed by atoms with van der Waals surface area (Å²) < 4.78 is 9.79. The SMILES string of the molecule is COC(=O)c1ccc(COC(=O)CCCNc2ccccc2[N+](=O)[O-])cc1. The zero-order chi connectivity index (χ0) is 19.6. The highest BCUT2D eigenvalue weighted by Gasteiger charge is 2.12. The Morgan fingerprint density at radius 1 is 1.11 bits per heavy atom. The van der Waals surface area contributed by atoms with Crippen LogP contribution >= 0.6 is 0 Å². The molecule has 0 aliphatic rings. The van der Waals surface area contributed by atoms with Crippen LogP contribution in [0.5, 0.6) is 0 Å². The molecule has 8 nitrogen and oxygen atoms in total. The number of nitro benzene ring substituents is 1. The Hall–Kier alpha value is -3.42. The molecule has 0 amide bonds. The van der Waals surface area contributed by atoms with E-state index in [-0.39, 0.29) is 24.7 Å². The molecule has 0 fully saturated rings. The largest absolute Gasteiger partial charge is 0.465 e. The highest BCUT2D eigenvalue weighted by molar-refractivity contribution is 5.89. The van der Waals surface area contributed by atoms with Crippen molar-refractivity contribution in [3.8, 4) is 0 Å². The number of hydrogen-bond donors (Lipinski definition) is 1. The van der Waals surface area contributed by atoms with Crippen LogP contribution in [0.3, 0.4) is 0 Å². The Labute approximate surface area is 156 Å². The lowest BCUT2D eigenvalue weighted by Gasteiger charge is -2.08. The van der Waals surface area contributed by atoms with Crippen LogP contribution in [0.4, 0.5) is 11.4 Å². The number of carbonyl (C=O) groups is 2. The minimum absolute atomic E-state index is 0.00419. The average molecular weight is 372 g/mol. The summed E-state index contributed by atoms with van der Waals surface area (Å²) >= 11 is 0. The molecule has 2 aromatic rings. The molecule has 0 bridgehead atoms. The first kappa shape index (κ1) is 19.9. The Morgan fingerprint density at radius 2 is 1.81 bits per heavy atom. The van der Waals surface area contributed by atoms with Gasteiger partial charge in [0.2, 0.25) is 0 Å². The van der Waals surface area contributed by atoms with E-state index in [0.29, 0.717) is 24.2 Å². The van der Waals surface area contributed by atoms with Crippen LogP contribution in [-0.2, 0) is 20.9 Å². The van der Waals surface area contributed by atoms with Crippen LogP contribution in [0, 0.1) is 10.1 Å². The lowest BCUT2D eigenvalue weighted by molar-refractivity contribution is -0.384. The standard InChI is InChI=1S/C19H20N2O6/c1-26-19(23)15-10-8-14(9-11-15)13-27-18(22)7-4-12-20-16-5-2-3-6-17(16)21(24)25/h2-3,5-6,8-11,20H,4,7,12-13H2,1H3. The molecule has 0 aromatic heterocycles. The zero-order valence-corrected chi connectivity index (χ0v) is 14.8. The second-order valence-corrected chi connectivity index (χ2v) is 5.65. The summed E-state index contributed by atoms with van der Waals surface area (Å²) in [5.74, 6) is -0.791. The molecule has 0 aliphatic heterocycles. The van der Waals surface area contributed by atoms with Crippen molar-refractivity contribution in [2.24, 2.45) is 0 Å². The molecule has 0 aliphatic carbocycles. The van der Waals surface area contributed by atoms with Gasteiger partial charge in [0.15, 0.2) is 0 Å². The van der Waals surface area contributed by atoms with Gasteiger partial charge in [0.1, 0.15) is 12.3 Å². The van der Waals surface area contributed by atoms with Gasteiger partial charge in [0, 0.05) is 19.0 Å². The minimum Gasteiger partial charge on any atom is -0.465 e. The van der Waals surface area contributed by atoms with Gasteiger partial charge in [0.05, 0.1) is 17.6 Å². The Balaban J connectivity index is 1.71. The normalized spacial score (nSPS) is 10.1. The summed E-state index contributed by atoms with van der Waals surface area (Å²) in [7, 11) is 1.31. The Kier molecular flexibility index (Phi) is 7.30. The fourth-order valence-corrected chi connectivity index (χ4v) is 2.33. The topological polar surface area (TPSA) is 108 Å². The van der Waals surface area contributed by atoms with E-state index < -0.39 is 10.9 Å². The van der Waals surface area contributed by atoms with Crippen molar-refractivity contribution in [1.82, 2.24) is 0 Å². The molecular formula is C19H20N2O6. The molecule has 0 radical (unpaired) electrons. The lowest BCUT2D eigenvalue weighted by atomic mass is 10.1. The number of para-hydroxylation sites is 2. The third kappa shape index (κ3) is 6.10. The highest BCUT2D eigenvalue weighted by Crippen LogP contribution is 2.23. The van der Waals surface area contributed by atoms with Crippen molar-refractivity contribution in [3.63, 3.8) is 0 Å². The average Bonchev–Trinajstić information content (AvgIpc) is 2.69. The van der Waals surface area contributed by atoms with Crippen LogP contribution in [0.1, 0.15) is 28.8 Å². The fourth-order valence-electron chi connectivity index (χ4n) is 2.33. The van der Waals surface area contributed by atoms with E-state index in [9.17, 15) is 19.7 Å². The number of anilines is 1. The summed E-state index contributed by atoms with van der Waals surface area (Å²) in [6.07, 6.45) is 0.667. The number of nitrogens with zero attached hydrogens (tertiary/aromatic N) is 1. The van der Waals surface area contributed by atoms with Crippen molar-refractivity contribution >= 4 is 23.3 Å². The van der Waals surface area contributed by atoms with E-state index in [4.69, 9.17) is 4.74 Å². The smallest absolute Gasteiger partial charge is 0.337 e. The molecule has 1 N–H and O–H groups in total. The molecule has 27 heavy (non-hydrogen) atoms. The number of esters is 2. The van der Waals surface area contributed by atoms with Gasteiger partial charge in [0.25, 0.3) is 5.69 Å². The first-order valence-corrected chi connectivity index (χ1v) is 8.31. The van der Waals surface area contributed by atoms with Gasteiger partial charge in [-0.05, 0) is 30.2 Å². The van der Waals surface area contributed by atoms with E-state index in [0.717, 1.165) is 5.56 Å². The number of ether oxygens (including phenoxy) is 2. The predicted molar refractivity (Wildman–Crippen MR) is 98.4 cm³/mol. The molecule has 0 spiro atoms. The lowest BCUT2D eigenvalue weighted by Crippen LogP contribution is -2.09. The molecule has 0 unspecified atom stereocenters. The van der Waals surface area contributed by atoms with Crippen LogP contribution < -0.4 is 5.32 Å². The number of methoxy groups -OCH3 is 1. The summed E-state index contributed by atoms with van der Waals surface area (Å²) in [5, 5.41) is 13.9. The van der Waals surface area contributed by atoms with Crippen molar-refractivity contribution in [1.29, 1.82) is 0 Å². The van der Waals surface area contributed by atoms with Gasteiger partial charge in [-0.15, -0.1) is 0 Å². The third-order valence-electron chi connectivity index (χ3n) is 3.75. The summed E-state index contributed by atoms with van der Waals surface area (Å²) in [6, 6.07) is 12.9. The van der Waals surface area contributed by atoms with Crippen LogP contribution in [0.15, 0.2) is 48.5 Å². The first-order valence-electron chi connectivity index (χ1n) is 8.31. The molecule has 2 rings (SSSR count). The molecule has 0 heterocycles. The molecule has 0 saturated heterocycles. The van der Waals surface area contributed by atoms with E-state index in [1.54, 1.807) is 42.5 Å². The molecule has 8 heteroatoms. The van der Waals surface area contributed by atoms with E-state index in [1.807, 2.05) is 0 Å².